The molecule has 1 aliphatic carbocycles. The van der Waals surface area contributed by atoms with E-state index in [1.54, 1.807) is 12.3 Å². The van der Waals surface area contributed by atoms with Crippen molar-refractivity contribution in [1.82, 2.24) is 25.2 Å². The number of nitrogens with one attached hydrogen (secondary N) is 1. The lowest BCUT2D eigenvalue weighted by Gasteiger charge is -2.34. The number of rotatable bonds is 8. The topological polar surface area (TPSA) is 90.2 Å². The summed E-state index contributed by atoms with van der Waals surface area (Å²) in [5, 5.41) is 15.4. The van der Waals surface area contributed by atoms with E-state index in [-0.39, 0.29) is 28.7 Å². The molecule has 1 atom stereocenters. The summed E-state index contributed by atoms with van der Waals surface area (Å²) in [6.07, 6.45) is 6.76. The molecule has 8 nitrogen and oxygen atoms in total. The first-order chi connectivity index (χ1) is 20.5. The maximum Gasteiger partial charge on any atom is 0.319 e. The number of fused-ring (bicyclic) bond motifs is 2. The smallest absolute Gasteiger partial charge is 0.319 e. The Labute approximate surface area is 249 Å². The van der Waals surface area contributed by atoms with Crippen LogP contribution in [0.2, 0.25) is 5.02 Å². The summed E-state index contributed by atoms with van der Waals surface area (Å²) >= 11 is 6.59. The highest BCUT2D eigenvalue weighted by molar-refractivity contribution is 6.36. The largest absolute Gasteiger partial charge is 0.463 e. The van der Waals surface area contributed by atoms with Crippen molar-refractivity contribution in [3.63, 3.8) is 0 Å². The molecule has 1 N–H and O–H groups in total. The van der Waals surface area contributed by atoms with Gasteiger partial charge in [-0.2, -0.15) is 15.2 Å². The molecule has 7 rings (SSSR count). The molecule has 2 aromatic carbocycles. The van der Waals surface area contributed by atoms with Crippen molar-refractivity contribution in [2.45, 2.75) is 38.1 Å². The van der Waals surface area contributed by atoms with Gasteiger partial charge in [-0.05, 0) is 50.2 Å². The fourth-order valence-corrected chi connectivity index (χ4v) is 6.71. The van der Waals surface area contributed by atoms with E-state index in [1.165, 1.54) is 12.8 Å². The number of nitrogens with zero attached hydrogens (tertiary/aromatic N) is 6. The molecule has 216 valence electrons. The molecule has 0 spiro atoms. The summed E-state index contributed by atoms with van der Waals surface area (Å²) in [5.74, 6) is 0.0491. The molecule has 1 saturated carbocycles. The summed E-state index contributed by atoms with van der Waals surface area (Å²) in [4.78, 5) is 18.7. The van der Waals surface area contributed by atoms with Crippen molar-refractivity contribution in [2.24, 2.45) is 5.41 Å². The van der Waals surface area contributed by atoms with Gasteiger partial charge in [0.05, 0.1) is 24.5 Å². The third kappa shape index (κ3) is 5.24. The zero-order valence-corrected chi connectivity index (χ0v) is 24.2. The predicted molar refractivity (Wildman–Crippen MR) is 162 cm³/mol. The number of aromatic nitrogens is 3. The quantitative estimate of drug-likeness (QED) is 0.286. The molecule has 42 heavy (non-hydrogen) atoms. The summed E-state index contributed by atoms with van der Waals surface area (Å²) in [7, 11) is 0. The highest BCUT2D eigenvalue weighted by atomic mass is 35.5. The number of anilines is 1. The number of likely N-dealkylation sites (tertiary alicyclic amines) is 1. The fourth-order valence-electron chi connectivity index (χ4n) is 6.43. The number of pyridine rings is 1. The normalized spacial score (nSPS) is 20.2. The second kappa shape index (κ2) is 11.3. The number of hydrogen-bond donors (Lipinski definition) is 1. The lowest BCUT2D eigenvalue weighted by Crippen LogP contribution is -2.51. The number of benzene rings is 2. The minimum absolute atomic E-state index is 0.0109. The minimum atomic E-state index is -0.532. The van der Waals surface area contributed by atoms with E-state index in [0.29, 0.717) is 54.5 Å². The van der Waals surface area contributed by atoms with Crippen LogP contribution < -0.4 is 15.0 Å². The van der Waals surface area contributed by atoms with E-state index >= 15 is 4.39 Å². The van der Waals surface area contributed by atoms with E-state index in [0.717, 1.165) is 43.2 Å². The molecule has 4 heterocycles. The van der Waals surface area contributed by atoms with Crippen LogP contribution in [0, 0.1) is 22.6 Å². The average molecular weight is 586 g/mol. The van der Waals surface area contributed by atoms with Gasteiger partial charge in [-0.25, -0.2) is 4.39 Å². The van der Waals surface area contributed by atoms with E-state index in [9.17, 15) is 5.26 Å². The van der Waals surface area contributed by atoms with E-state index in [1.807, 2.05) is 30.3 Å². The van der Waals surface area contributed by atoms with Gasteiger partial charge in [0.2, 0.25) is 0 Å². The van der Waals surface area contributed by atoms with Gasteiger partial charge in [0.1, 0.15) is 17.0 Å². The van der Waals surface area contributed by atoms with Crippen molar-refractivity contribution in [3.05, 3.63) is 53.4 Å². The molecule has 0 amide bonds. The van der Waals surface area contributed by atoms with Gasteiger partial charge in [0, 0.05) is 59.8 Å². The van der Waals surface area contributed by atoms with Crippen molar-refractivity contribution in [3.8, 4) is 23.3 Å². The molecule has 10 heteroatoms. The number of halogens is 2. The van der Waals surface area contributed by atoms with Crippen molar-refractivity contribution in [1.29, 1.82) is 5.26 Å². The summed E-state index contributed by atoms with van der Waals surface area (Å²) in [6.45, 7) is 5.73. The van der Waals surface area contributed by atoms with Crippen molar-refractivity contribution < 1.29 is 9.13 Å². The van der Waals surface area contributed by atoms with Gasteiger partial charge in [-0.15, -0.1) is 0 Å². The molecular weight excluding hydrogens is 553 g/mol. The number of nitriles is 1. The van der Waals surface area contributed by atoms with Crippen LogP contribution in [0.15, 0.2) is 42.6 Å². The molecule has 2 saturated heterocycles. The Bertz CT molecular complexity index is 1680. The molecule has 4 aromatic rings. The van der Waals surface area contributed by atoms with Crippen LogP contribution in [0.1, 0.15) is 32.1 Å². The molecular formula is C32H33ClFN7O. The first kappa shape index (κ1) is 27.3. The number of ether oxygens (including phenoxy) is 1. The zero-order chi connectivity index (χ0) is 28.7. The lowest BCUT2D eigenvalue weighted by atomic mass is 10.0. The van der Waals surface area contributed by atoms with Crippen LogP contribution in [0.25, 0.3) is 32.9 Å². The molecule has 3 fully saturated rings. The Morgan fingerprint density at radius 2 is 1.93 bits per heavy atom. The number of piperazine rings is 1. The van der Waals surface area contributed by atoms with Crippen molar-refractivity contribution >= 4 is 39.1 Å². The maximum atomic E-state index is 16.6. The third-order valence-corrected chi connectivity index (χ3v) is 9.18. The molecule has 3 aliphatic rings. The second-order valence-corrected chi connectivity index (χ2v) is 12.3. The van der Waals surface area contributed by atoms with Crippen LogP contribution in [-0.2, 0) is 0 Å². The second-order valence-electron chi connectivity index (χ2n) is 11.9. The monoisotopic (exact) mass is 585 g/mol. The van der Waals surface area contributed by atoms with E-state index < -0.39 is 5.82 Å². The van der Waals surface area contributed by atoms with Gasteiger partial charge in [0.15, 0.2) is 5.82 Å². The van der Waals surface area contributed by atoms with Crippen LogP contribution in [0.3, 0.4) is 0 Å². The Morgan fingerprint density at radius 1 is 1.12 bits per heavy atom. The highest BCUT2D eigenvalue weighted by Crippen LogP contribution is 2.47. The summed E-state index contributed by atoms with van der Waals surface area (Å²) in [5.41, 5.74) is 1.08. The minimum Gasteiger partial charge on any atom is -0.463 e. The lowest BCUT2D eigenvalue weighted by molar-refractivity contribution is 0.170. The Morgan fingerprint density at radius 3 is 2.71 bits per heavy atom. The molecule has 0 radical (unpaired) electrons. The third-order valence-electron chi connectivity index (χ3n) is 8.87. The number of hydrogen-bond acceptors (Lipinski definition) is 8. The summed E-state index contributed by atoms with van der Waals surface area (Å²) < 4.78 is 22.9. The SMILES string of the molecule is N#CCC1CN(c2nc(OCC3(CN4CCCC4)CC3)nc3c(F)c(-c4cccc5cccc(Cl)c45)ncc23)CCN1. The van der Waals surface area contributed by atoms with Crippen molar-refractivity contribution in [2.75, 3.05) is 50.8 Å². The van der Waals surface area contributed by atoms with Gasteiger partial charge < -0.3 is 19.9 Å². The Kier molecular flexibility index (Phi) is 7.30. The Hall–Kier alpha value is -3.58. The molecule has 2 aromatic heterocycles. The predicted octanol–water partition coefficient (Wildman–Crippen LogP) is 5.58. The molecule has 0 bridgehead atoms. The van der Waals surface area contributed by atoms with Gasteiger partial charge in [-0.1, -0.05) is 41.9 Å². The highest BCUT2D eigenvalue weighted by Gasteiger charge is 2.45. The Balaban J connectivity index is 1.29. The molecule has 2 aliphatic heterocycles. The molecule has 1 unspecified atom stereocenters. The standard InChI is InChI=1S/C32H33ClFN7O/c33-25-8-4-6-21-5-3-7-23(26(21)25)28-27(34)29-24(17-37-28)30(41-16-13-36-22(18-41)9-12-35)39-31(38-29)42-20-32(10-11-32)19-40-14-1-2-15-40/h3-8,17,22,36H,1-2,9-11,13-16,18-20H2. The van der Waals surface area contributed by atoms with Gasteiger partial charge in [-0.3, -0.25) is 4.98 Å². The van der Waals surface area contributed by atoms with Crippen LogP contribution in [-0.4, -0.2) is 71.8 Å². The maximum absolute atomic E-state index is 16.6. The van der Waals surface area contributed by atoms with Crippen LogP contribution in [0.4, 0.5) is 10.2 Å². The zero-order valence-electron chi connectivity index (χ0n) is 23.5. The fraction of sp³-hybridized carbons (Fsp3) is 0.438. The first-order valence-electron chi connectivity index (χ1n) is 14.8. The van der Waals surface area contributed by atoms with Gasteiger partial charge >= 0.3 is 6.01 Å². The van der Waals surface area contributed by atoms with E-state index in [2.05, 4.69) is 31.2 Å². The van der Waals surface area contributed by atoms with Crippen LogP contribution >= 0.6 is 11.6 Å². The van der Waals surface area contributed by atoms with Crippen LogP contribution in [0.5, 0.6) is 6.01 Å². The first-order valence-corrected chi connectivity index (χ1v) is 15.2. The van der Waals surface area contributed by atoms with E-state index in [4.69, 9.17) is 21.3 Å². The average Bonchev–Trinajstić information content (AvgIpc) is 3.58. The van der Waals surface area contributed by atoms with Gasteiger partial charge in [0.25, 0.3) is 0 Å². The summed E-state index contributed by atoms with van der Waals surface area (Å²) in [6, 6.07) is 13.7.